The minimum Gasteiger partial charge on any atom is -0.481 e. The molecule has 46 heavy (non-hydrogen) atoms. The van der Waals surface area contributed by atoms with Gasteiger partial charge in [-0.1, -0.05) is 38.8 Å². The second-order valence-corrected chi connectivity index (χ2v) is 12.7. The van der Waals surface area contributed by atoms with Crippen LogP contribution in [-0.2, 0) is 0 Å². The molecule has 12 heteroatoms. The molecule has 2 aromatic carbocycles. The standard InChI is InChI=1S/C34H33F3N8O/c1-6-20-17-39-30-21(16-38)14-22(15-25(30)29(20)40-19-32(2,3)4)41-31(24-8-7-9-26-23(24)10-11-28(42-26)46-5)27-18-45(44-43-27)33(12-13-33)34(35,36)37/h1,7-11,14-15,17-18,31,41,43-44H,12-13,19H2,2-5H3,(H,39,40)/t31-/m0/s1. The van der Waals surface area contributed by atoms with Crippen molar-refractivity contribution in [2.75, 3.05) is 24.3 Å². The van der Waals surface area contributed by atoms with Gasteiger partial charge in [-0.15, -0.1) is 12.0 Å². The number of hydrazine groups is 2. The molecule has 1 saturated carbocycles. The Labute approximate surface area is 264 Å². The normalized spacial score (nSPS) is 16.3. The third-order valence-electron chi connectivity index (χ3n) is 8.23. The molecule has 0 amide bonds. The number of nitrogens with zero attached hydrogens (tertiary/aromatic N) is 4. The molecule has 0 bridgehead atoms. The van der Waals surface area contributed by atoms with Crippen LogP contribution in [0.15, 0.2) is 60.6 Å². The third-order valence-corrected chi connectivity index (χ3v) is 8.23. The van der Waals surface area contributed by atoms with Crippen LogP contribution in [0.1, 0.15) is 56.3 Å². The van der Waals surface area contributed by atoms with Gasteiger partial charge >= 0.3 is 6.18 Å². The van der Waals surface area contributed by atoms with E-state index < -0.39 is 17.8 Å². The Morgan fingerprint density at radius 2 is 1.91 bits per heavy atom. The van der Waals surface area contributed by atoms with Crippen molar-refractivity contribution in [3.8, 4) is 24.3 Å². The highest BCUT2D eigenvalue weighted by atomic mass is 19.4. The average Bonchev–Trinajstić information content (AvgIpc) is 3.72. The molecule has 6 rings (SSSR count). The van der Waals surface area contributed by atoms with E-state index in [9.17, 15) is 18.4 Å². The lowest BCUT2D eigenvalue weighted by Crippen LogP contribution is -2.52. The van der Waals surface area contributed by atoms with Crippen molar-refractivity contribution >= 4 is 33.2 Å². The van der Waals surface area contributed by atoms with E-state index in [1.807, 2.05) is 30.3 Å². The molecule has 1 aliphatic heterocycles. The van der Waals surface area contributed by atoms with Crippen molar-refractivity contribution in [2.24, 2.45) is 5.41 Å². The number of terminal acetylenes is 1. The van der Waals surface area contributed by atoms with Gasteiger partial charge in [-0.05, 0) is 48.1 Å². The summed E-state index contributed by atoms with van der Waals surface area (Å²) >= 11 is 0. The predicted octanol–water partition coefficient (Wildman–Crippen LogP) is 6.52. The second kappa shape index (κ2) is 11.3. The van der Waals surface area contributed by atoms with E-state index in [1.165, 1.54) is 13.3 Å². The lowest BCUT2D eigenvalue weighted by Gasteiger charge is -2.28. The first kappa shape index (κ1) is 30.8. The fourth-order valence-corrected chi connectivity index (χ4v) is 5.63. The van der Waals surface area contributed by atoms with E-state index in [1.54, 1.807) is 18.3 Å². The van der Waals surface area contributed by atoms with Crippen molar-refractivity contribution in [2.45, 2.75) is 51.4 Å². The SMILES string of the molecule is C#Cc1cnc2c(C#N)cc(N[C@H](C3=CN(C4(C(F)(F)F)CC4)NN3)c3cccc4nc(OC)ccc34)cc2c1NCC(C)(C)C. The van der Waals surface area contributed by atoms with Crippen LogP contribution in [0.3, 0.4) is 0 Å². The maximum absolute atomic E-state index is 14.1. The summed E-state index contributed by atoms with van der Waals surface area (Å²) in [7, 11) is 1.53. The van der Waals surface area contributed by atoms with Gasteiger partial charge in [-0.3, -0.25) is 9.99 Å². The quantitative estimate of drug-likeness (QED) is 0.163. The Kier molecular flexibility index (Phi) is 7.57. The van der Waals surface area contributed by atoms with Gasteiger partial charge in [0.2, 0.25) is 5.88 Å². The van der Waals surface area contributed by atoms with Crippen LogP contribution in [0.25, 0.3) is 21.8 Å². The summed E-state index contributed by atoms with van der Waals surface area (Å²) < 4.78 is 47.5. The molecule has 3 heterocycles. The molecule has 4 aromatic rings. The molecule has 1 atom stereocenters. The second-order valence-electron chi connectivity index (χ2n) is 12.7. The van der Waals surface area contributed by atoms with Gasteiger partial charge in [0.25, 0.3) is 0 Å². The van der Waals surface area contributed by atoms with Crippen LogP contribution in [0, 0.1) is 29.1 Å². The van der Waals surface area contributed by atoms with Crippen LogP contribution >= 0.6 is 0 Å². The molecule has 236 valence electrons. The van der Waals surface area contributed by atoms with Crippen molar-refractivity contribution in [1.82, 2.24) is 25.9 Å². The number of halogens is 3. The highest BCUT2D eigenvalue weighted by molar-refractivity contribution is 5.99. The first-order valence-corrected chi connectivity index (χ1v) is 14.7. The first-order valence-electron chi connectivity index (χ1n) is 14.7. The molecule has 0 radical (unpaired) electrons. The Morgan fingerprint density at radius 1 is 1.13 bits per heavy atom. The van der Waals surface area contributed by atoms with E-state index in [-0.39, 0.29) is 18.3 Å². The van der Waals surface area contributed by atoms with Crippen LogP contribution in [-0.4, -0.2) is 40.3 Å². The monoisotopic (exact) mass is 626 g/mol. The Morgan fingerprint density at radius 3 is 2.57 bits per heavy atom. The molecular weight excluding hydrogens is 593 g/mol. The van der Waals surface area contributed by atoms with Crippen LogP contribution in [0.5, 0.6) is 5.88 Å². The highest BCUT2D eigenvalue weighted by Crippen LogP contribution is 2.54. The van der Waals surface area contributed by atoms with Crippen molar-refractivity contribution in [1.29, 1.82) is 5.26 Å². The molecule has 2 aliphatic rings. The lowest BCUT2D eigenvalue weighted by molar-refractivity contribution is -0.195. The number of aromatic nitrogens is 2. The predicted molar refractivity (Wildman–Crippen MR) is 171 cm³/mol. The van der Waals surface area contributed by atoms with Gasteiger partial charge < -0.3 is 20.8 Å². The van der Waals surface area contributed by atoms with Gasteiger partial charge in [-0.25, -0.2) is 4.98 Å². The maximum atomic E-state index is 14.1. The molecule has 0 saturated heterocycles. The van der Waals surface area contributed by atoms with Gasteiger partial charge in [-0.2, -0.15) is 18.4 Å². The Bertz CT molecular complexity index is 1950. The zero-order valence-electron chi connectivity index (χ0n) is 25.8. The smallest absolute Gasteiger partial charge is 0.413 e. The zero-order valence-corrected chi connectivity index (χ0v) is 25.8. The summed E-state index contributed by atoms with van der Waals surface area (Å²) in [5.41, 5.74) is 8.04. The van der Waals surface area contributed by atoms with Gasteiger partial charge in [0.05, 0.1) is 46.7 Å². The van der Waals surface area contributed by atoms with E-state index in [4.69, 9.17) is 11.2 Å². The number of fused-ring (bicyclic) bond motifs is 2. The van der Waals surface area contributed by atoms with Crippen molar-refractivity contribution in [3.05, 3.63) is 77.2 Å². The number of rotatable bonds is 8. The average molecular weight is 627 g/mol. The summed E-state index contributed by atoms with van der Waals surface area (Å²) in [6, 6.07) is 14.2. The number of hydrogen-bond donors (Lipinski definition) is 4. The van der Waals surface area contributed by atoms with E-state index in [2.05, 4.69) is 64.3 Å². The molecule has 1 aliphatic carbocycles. The molecule has 9 nitrogen and oxygen atoms in total. The summed E-state index contributed by atoms with van der Waals surface area (Å²) in [6.45, 7) is 6.89. The number of methoxy groups -OCH3 is 1. The van der Waals surface area contributed by atoms with Gasteiger partial charge in [0.1, 0.15) is 6.07 Å². The van der Waals surface area contributed by atoms with Crippen LogP contribution in [0.4, 0.5) is 24.5 Å². The Hall–Kier alpha value is -5.20. The summed E-state index contributed by atoms with van der Waals surface area (Å²) in [6.07, 6.45) is 4.42. The largest absolute Gasteiger partial charge is 0.481 e. The molecule has 4 N–H and O–H groups in total. The van der Waals surface area contributed by atoms with Gasteiger partial charge in [0, 0.05) is 41.5 Å². The third kappa shape index (κ3) is 5.57. The first-order chi connectivity index (χ1) is 21.9. The zero-order chi connectivity index (χ0) is 32.9. The van der Waals surface area contributed by atoms with Gasteiger partial charge in [0.15, 0.2) is 5.54 Å². The molecular formula is C34H33F3N8O. The number of pyridine rings is 2. The maximum Gasteiger partial charge on any atom is 0.413 e. The number of nitriles is 1. The fraction of sp³-hybridized carbons (Fsp3) is 0.324. The number of nitrogens with one attached hydrogen (secondary N) is 4. The van der Waals surface area contributed by atoms with Crippen molar-refractivity contribution in [3.63, 3.8) is 0 Å². The highest BCUT2D eigenvalue weighted by Gasteiger charge is 2.67. The number of benzene rings is 2. The molecule has 2 aromatic heterocycles. The van der Waals surface area contributed by atoms with E-state index >= 15 is 0 Å². The minimum absolute atomic E-state index is 0.0178. The molecule has 0 unspecified atom stereocenters. The molecule has 1 fully saturated rings. The van der Waals surface area contributed by atoms with Crippen LogP contribution < -0.4 is 26.3 Å². The van der Waals surface area contributed by atoms with Crippen LogP contribution in [0.2, 0.25) is 0 Å². The molecule has 0 spiro atoms. The number of hydrogen-bond acceptors (Lipinski definition) is 9. The lowest BCUT2D eigenvalue weighted by atomic mass is 9.96. The minimum atomic E-state index is -4.42. The Balaban J connectivity index is 1.50. The number of anilines is 2. The summed E-state index contributed by atoms with van der Waals surface area (Å²) in [5, 5.41) is 19.6. The topological polar surface area (TPSA) is 110 Å². The fourth-order valence-electron chi connectivity index (χ4n) is 5.63. The number of alkyl halides is 3. The summed E-state index contributed by atoms with van der Waals surface area (Å²) in [5.74, 6) is 3.12. The van der Waals surface area contributed by atoms with Crippen molar-refractivity contribution < 1.29 is 17.9 Å². The van der Waals surface area contributed by atoms with E-state index in [0.29, 0.717) is 57.0 Å². The number of ether oxygens (including phenoxy) is 1. The van der Waals surface area contributed by atoms with E-state index in [0.717, 1.165) is 16.0 Å². The summed E-state index contributed by atoms with van der Waals surface area (Å²) in [4.78, 5) is 9.07.